The highest BCUT2D eigenvalue weighted by Crippen LogP contribution is 2.35. The number of furan rings is 1. The predicted octanol–water partition coefficient (Wildman–Crippen LogP) is 4.04. The molecule has 2 atom stereocenters. The Hall–Kier alpha value is -1.07. The molecule has 0 aliphatic rings. The van der Waals surface area contributed by atoms with Crippen LogP contribution in [0.4, 0.5) is 0 Å². The number of hydrogen-bond acceptors (Lipinski definition) is 4. The van der Waals surface area contributed by atoms with Gasteiger partial charge in [0.15, 0.2) is 0 Å². The second-order valence-electron chi connectivity index (χ2n) is 6.22. The maximum absolute atomic E-state index is 6.02. The van der Waals surface area contributed by atoms with E-state index in [9.17, 15) is 0 Å². The minimum absolute atomic E-state index is 0.0797. The zero-order chi connectivity index (χ0) is 15.6. The van der Waals surface area contributed by atoms with Crippen LogP contribution in [-0.2, 0) is 4.74 Å². The van der Waals surface area contributed by atoms with Crippen molar-refractivity contribution in [1.82, 2.24) is 5.43 Å². The molecule has 4 nitrogen and oxygen atoms in total. The zero-order valence-corrected chi connectivity index (χ0v) is 13.7. The Labute approximate surface area is 130 Å². The van der Waals surface area contributed by atoms with Gasteiger partial charge in [0.05, 0.1) is 6.10 Å². The second kappa shape index (κ2) is 6.36. The van der Waals surface area contributed by atoms with Gasteiger partial charge in [-0.25, -0.2) is 5.43 Å². The molecule has 0 amide bonds. The van der Waals surface area contributed by atoms with Crippen LogP contribution >= 0.6 is 11.6 Å². The fourth-order valence-electron chi connectivity index (χ4n) is 2.53. The molecule has 2 unspecified atom stereocenters. The fourth-order valence-corrected chi connectivity index (χ4v) is 2.71. The van der Waals surface area contributed by atoms with E-state index in [-0.39, 0.29) is 17.6 Å². The van der Waals surface area contributed by atoms with E-state index >= 15 is 0 Å². The van der Waals surface area contributed by atoms with Gasteiger partial charge in [-0.15, -0.1) is 0 Å². The lowest BCUT2D eigenvalue weighted by atomic mass is 9.83. The summed E-state index contributed by atoms with van der Waals surface area (Å²) >= 11 is 6.02. The lowest BCUT2D eigenvalue weighted by Gasteiger charge is -2.35. The van der Waals surface area contributed by atoms with E-state index in [4.69, 9.17) is 26.6 Å². The maximum Gasteiger partial charge on any atom is 0.134 e. The number of benzene rings is 1. The Morgan fingerprint density at radius 3 is 2.62 bits per heavy atom. The summed E-state index contributed by atoms with van der Waals surface area (Å²) in [6, 6.07) is 7.29. The first-order valence-corrected chi connectivity index (χ1v) is 7.51. The summed E-state index contributed by atoms with van der Waals surface area (Å²) < 4.78 is 11.8. The third-order valence-electron chi connectivity index (χ3n) is 3.49. The Morgan fingerprint density at radius 1 is 1.33 bits per heavy atom. The predicted molar refractivity (Wildman–Crippen MR) is 86.2 cm³/mol. The second-order valence-corrected chi connectivity index (χ2v) is 6.65. The first-order chi connectivity index (χ1) is 9.86. The van der Waals surface area contributed by atoms with Gasteiger partial charge in [0.1, 0.15) is 17.4 Å². The molecule has 0 radical (unpaired) electrons. The van der Waals surface area contributed by atoms with E-state index < -0.39 is 0 Å². The normalized spacial score (nSPS) is 15.3. The van der Waals surface area contributed by atoms with Gasteiger partial charge in [-0.2, -0.15) is 0 Å². The topological polar surface area (TPSA) is 60.4 Å². The molecule has 0 aliphatic heterocycles. The SMILES string of the molecule is CCOC(C(NN)c1cc2cc(Cl)ccc2o1)C(C)(C)C. The molecule has 2 aromatic rings. The van der Waals surface area contributed by atoms with E-state index in [1.165, 1.54) is 0 Å². The number of fused-ring (bicyclic) bond motifs is 1. The number of hydrazine groups is 1. The highest BCUT2D eigenvalue weighted by molar-refractivity contribution is 6.31. The Kier molecular flexibility index (Phi) is 4.94. The number of halogens is 1. The van der Waals surface area contributed by atoms with Crippen molar-refractivity contribution in [2.24, 2.45) is 11.3 Å². The number of rotatable bonds is 5. The molecular formula is C16H23ClN2O2. The number of hydrogen-bond donors (Lipinski definition) is 2. The first-order valence-electron chi connectivity index (χ1n) is 7.13. The first kappa shape index (κ1) is 16.3. The summed E-state index contributed by atoms with van der Waals surface area (Å²) in [6.07, 6.45) is -0.108. The molecule has 3 N–H and O–H groups in total. The van der Waals surface area contributed by atoms with E-state index in [0.29, 0.717) is 11.6 Å². The van der Waals surface area contributed by atoms with Gasteiger partial charge in [0.2, 0.25) is 0 Å². The van der Waals surface area contributed by atoms with Gasteiger partial charge in [-0.3, -0.25) is 5.84 Å². The molecular weight excluding hydrogens is 288 g/mol. The van der Waals surface area contributed by atoms with Crippen LogP contribution < -0.4 is 11.3 Å². The molecule has 1 heterocycles. The zero-order valence-electron chi connectivity index (χ0n) is 12.9. The Balaban J connectivity index is 2.41. The molecule has 0 spiro atoms. The highest BCUT2D eigenvalue weighted by atomic mass is 35.5. The van der Waals surface area contributed by atoms with Gasteiger partial charge in [-0.05, 0) is 36.6 Å². The average Bonchev–Trinajstić information content (AvgIpc) is 2.80. The minimum atomic E-state index is -0.226. The third kappa shape index (κ3) is 3.58. The van der Waals surface area contributed by atoms with Crippen LogP contribution in [-0.4, -0.2) is 12.7 Å². The van der Waals surface area contributed by atoms with Crippen molar-refractivity contribution in [2.75, 3.05) is 6.61 Å². The van der Waals surface area contributed by atoms with Gasteiger partial charge < -0.3 is 9.15 Å². The van der Waals surface area contributed by atoms with Crippen molar-refractivity contribution in [2.45, 2.75) is 39.8 Å². The van der Waals surface area contributed by atoms with Crippen LogP contribution in [0.2, 0.25) is 5.02 Å². The van der Waals surface area contributed by atoms with Crippen LogP contribution in [0, 0.1) is 5.41 Å². The Morgan fingerprint density at radius 2 is 2.05 bits per heavy atom. The summed E-state index contributed by atoms with van der Waals surface area (Å²) in [5.41, 5.74) is 3.54. The molecule has 1 aromatic carbocycles. The van der Waals surface area contributed by atoms with Crippen LogP contribution in [0.25, 0.3) is 11.0 Å². The lowest BCUT2D eigenvalue weighted by molar-refractivity contribution is -0.0406. The summed E-state index contributed by atoms with van der Waals surface area (Å²) in [5, 5.41) is 1.64. The van der Waals surface area contributed by atoms with Crippen molar-refractivity contribution >= 4 is 22.6 Å². The van der Waals surface area contributed by atoms with E-state index in [1.807, 2.05) is 31.2 Å². The summed E-state index contributed by atoms with van der Waals surface area (Å²) in [4.78, 5) is 0. The number of nitrogens with two attached hydrogens (primary N) is 1. The van der Waals surface area contributed by atoms with Crippen molar-refractivity contribution in [3.05, 3.63) is 35.0 Å². The van der Waals surface area contributed by atoms with E-state index in [0.717, 1.165) is 16.7 Å². The lowest BCUT2D eigenvalue weighted by Crippen LogP contribution is -2.44. The number of ether oxygens (including phenoxy) is 1. The highest BCUT2D eigenvalue weighted by Gasteiger charge is 2.35. The average molecular weight is 311 g/mol. The van der Waals surface area contributed by atoms with Crippen LogP contribution in [0.1, 0.15) is 39.5 Å². The summed E-state index contributed by atoms with van der Waals surface area (Å²) in [6.45, 7) is 8.96. The van der Waals surface area contributed by atoms with Crippen molar-refractivity contribution in [3.8, 4) is 0 Å². The molecule has 0 saturated carbocycles. The Bertz CT molecular complexity index is 604. The molecule has 0 fully saturated rings. The van der Waals surface area contributed by atoms with Crippen LogP contribution in [0.3, 0.4) is 0 Å². The van der Waals surface area contributed by atoms with Crippen LogP contribution in [0.15, 0.2) is 28.7 Å². The molecule has 21 heavy (non-hydrogen) atoms. The monoisotopic (exact) mass is 310 g/mol. The largest absolute Gasteiger partial charge is 0.459 e. The van der Waals surface area contributed by atoms with E-state index in [1.54, 1.807) is 0 Å². The minimum Gasteiger partial charge on any atom is -0.459 e. The summed E-state index contributed by atoms with van der Waals surface area (Å²) in [5.74, 6) is 6.52. The van der Waals surface area contributed by atoms with Gasteiger partial charge in [0, 0.05) is 17.0 Å². The number of nitrogens with one attached hydrogen (secondary N) is 1. The van der Waals surface area contributed by atoms with E-state index in [2.05, 4.69) is 26.2 Å². The quantitative estimate of drug-likeness (QED) is 0.646. The molecule has 1 aromatic heterocycles. The van der Waals surface area contributed by atoms with Crippen LogP contribution in [0.5, 0.6) is 0 Å². The molecule has 0 bridgehead atoms. The summed E-state index contributed by atoms with van der Waals surface area (Å²) in [7, 11) is 0. The van der Waals surface area contributed by atoms with Crippen molar-refractivity contribution in [1.29, 1.82) is 0 Å². The smallest absolute Gasteiger partial charge is 0.134 e. The third-order valence-corrected chi connectivity index (χ3v) is 3.72. The standard InChI is InChI=1S/C16H23ClN2O2/c1-5-20-15(16(2,3)4)14(19-18)13-9-10-8-11(17)6-7-12(10)21-13/h6-9,14-15,19H,5,18H2,1-4H3. The fraction of sp³-hybridized carbons (Fsp3) is 0.500. The molecule has 5 heteroatoms. The van der Waals surface area contributed by atoms with Crippen molar-refractivity contribution < 1.29 is 9.15 Å². The van der Waals surface area contributed by atoms with Crippen molar-refractivity contribution in [3.63, 3.8) is 0 Å². The maximum atomic E-state index is 6.02. The molecule has 2 rings (SSSR count). The van der Waals surface area contributed by atoms with Gasteiger partial charge in [-0.1, -0.05) is 32.4 Å². The van der Waals surface area contributed by atoms with Gasteiger partial charge in [0.25, 0.3) is 0 Å². The molecule has 0 aliphatic carbocycles. The van der Waals surface area contributed by atoms with Gasteiger partial charge >= 0.3 is 0 Å². The molecule has 0 saturated heterocycles. The molecule has 116 valence electrons.